The smallest absolute Gasteiger partial charge is 0.191 e. The minimum absolute atomic E-state index is 0.193. The number of guanidine groups is 1. The molecule has 106 valence electrons. The highest BCUT2D eigenvalue weighted by Crippen LogP contribution is 2.21. The Morgan fingerprint density at radius 2 is 2.35 bits per heavy atom. The van der Waals surface area contributed by atoms with Gasteiger partial charge in [-0.1, -0.05) is 0 Å². The molecule has 1 aliphatic heterocycles. The van der Waals surface area contributed by atoms with Crippen molar-refractivity contribution < 1.29 is 4.39 Å². The van der Waals surface area contributed by atoms with E-state index < -0.39 is 0 Å². The summed E-state index contributed by atoms with van der Waals surface area (Å²) in [7, 11) is 1.95. The Balaban J connectivity index is 1.69. The van der Waals surface area contributed by atoms with E-state index in [1.807, 2.05) is 17.7 Å². The van der Waals surface area contributed by atoms with Crippen LogP contribution in [0.1, 0.15) is 12.5 Å². The number of rotatable bonds is 3. The molecule has 20 heavy (non-hydrogen) atoms. The quantitative estimate of drug-likeness (QED) is 0.896. The molecule has 0 amide bonds. The lowest BCUT2D eigenvalue weighted by molar-refractivity contribution is 0.629. The van der Waals surface area contributed by atoms with E-state index in [0.717, 1.165) is 36.4 Å². The minimum atomic E-state index is -0.193. The molecule has 0 radical (unpaired) electrons. The summed E-state index contributed by atoms with van der Waals surface area (Å²) in [6.45, 7) is 3.75. The number of aryl methyl sites for hydroxylation is 1. The van der Waals surface area contributed by atoms with E-state index in [1.165, 1.54) is 11.6 Å². The van der Waals surface area contributed by atoms with E-state index in [9.17, 15) is 4.39 Å². The highest BCUT2D eigenvalue weighted by Gasteiger charge is 2.12. The van der Waals surface area contributed by atoms with Crippen LogP contribution in [0, 0.1) is 5.82 Å². The second-order valence-corrected chi connectivity index (χ2v) is 5.34. The Morgan fingerprint density at radius 3 is 3.10 bits per heavy atom. The predicted molar refractivity (Wildman–Crippen MR) is 79.5 cm³/mol. The molecule has 0 aliphatic carbocycles. The molecule has 0 saturated carbocycles. The Kier molecular flexibility index (Phi) is 3.34. The van der Waals surface area contributed by atoms with Crippen molar-refractivity contribution in [3.05, 3.63) is 35.8 Å². The zero-order chi connectivity index (χ0) is 14.1. The first-order valence-electron chi connectivity index (χ1n) is 6.92. The fourth-order valence-electron chi connectivity index (χ4n) is 2.62. The predicted octanol–water partition coefficient (Wildman–Crippen LogP) is 1.80. The first-order chi connectivity index (χ1) is 9.63. The molecule has 1 aromatic heterocycles. The van der Waals surface area contributed by atoms with Gasteiger partial charge in [-0.25, -0.2) is 4.39 Å². The summed E-state index contributed by atoms with van der Waals surface area (Å²) in [5.74, 6) is 0.686. The molecule has 1 aliphatic rings. The summed E-state index contributed by atoms with van der Waals surface area (Å²) in [6.07, 6.45) is 2.95. The van der Waals surface area contributed by atoms with Gasteiger partial charge in [0.05, 0.1) is 12.1 Å². The van der Waals surface area contributed by atoms with E-state index in [0.29, 0.717) is 6.04 Å². The molecule has 2 N–H and O–H groups in total. The summed E-state index contributed by atoms with van der Waals surface area (Å²) in [5, 5.41) is 7.69. The van der Waals surface area contributed by atoms with Gasteiger partial charge in [-0.3, -0.25) is 4.99 Å². The van der Waals surface area contributed by atoms with Crippen LogP contribution in [0.4, 0.5) is 4.39 Å². The number of halogens is 1. The van der Waals surface area contributed by atoms with Crippen molar-refractivity contribution in [2.45, 2.75) is 19.4 Å². The topological polar surface area (TPSA) is 41.4 Å². The number of hydrogen-bond donors (Lipinski definition) is 2. The van der Waals surface area contributed by atoms with E-state index in [2.05, 4.69) is 28.7 Å². The zero-order valence-corrected chi connectivity index (χ0v) is 11.8. The van der Waals surface area contributed by atoms with Gasteiger partial charge in [-0.15, -0.1) is 0 Å². The number of nitrogens with zero attached hydrogens (tertiary/aromatic N) is 2. The van der Waals surface area contributed by atoms with E-state index >= 15 is 0 Å². The maximum Gasteiger partial charge on any atom is 0.191 e. The number of nitrogens with one attached hydrogen (secondary N) is 2. The summed E-state index contributed by atoms with van der Waals surface area (Å²) in [6, 6.07) is 5.37. The van der Waals surface area contributed by atoms with E-state index in [4.69, 9.17) is 0 Å². The van der Waals surface area contributed by atoms with Gasteiger partial charge in [-0.05, 0) is 37.1 Å². The van der Waals surface area contributed by atoms with E-state index in [-0.39, 0.29) is 5.82 Å². The summed E-state index contributed by atoms with van der Waals surface area (Å²) < 4.78 is 15.2. The normalized spacial score (nSPS) is 18.1. The van der Waals surface area contributed by atoms with Gasteiger partial charge in [-0.2, -0.15) is 0 Å². The van der Waals surface area contributed by atoms with Gasteiger partial charge in [0.15, 0.2) is 5.96 Å². The van der Waals surface area contributed by atoms with Crippen LogP contribution in [0.2, 0.25) is 0 Å². The van der Waals surface area contributed by atoms with Crippen molar-refractivity contribution in [1.29, 1.82) is 0 Å². The van der Waals surface area contributed by atoms with Crippen LogP contribution < -0.4 is 10.6 Å². The van der Waals surface area contributed by atoms with Crippen molar-refractivity contribution in [3.8, 4) is 0 Å². The van der Waals surface area contributed by atoms with Crippen LogP contribution in [0.3, 0.4) is 0 Å². The molecule has 5 heteroatoms. The molecule has 1 aromatic carbocycles. The molecule has 0 spiro atoms. The average Bonchev–Trinajstić information content (AvgIpc) is 2.95. The van der Waals surface area contributed by atoms with Gasteiger partial charge < -0.3 is 15.2 Å². The lowest BCUT2D eigenvalue weighted by Crippen LogP contribution is -2.38. The van der Waals surface area contributed by atoms with Gasteiger partial charge in [0.1, 0.15) is 5.82 Å². The largest absolute Gasteiger partial charge is 0.356 e. The summed E-state index contributed by atoms with van der Waals surface area (Å²) >= 11 is 0. The van der Waals surface area contributed by atoms with Gasteiger partial charge in [0.25, 0.3) is 0 Å². The molecule has 3 rings (SSSR count). The Bertz CT molecular complexity index is 659. The molecule has 0 saturated heterocycles. The van der Waals surface area contributed by atoms with Crippen molar-refractivity contribution >= 4 is 16.9 Å². The zero-order valence-electron chi connectivity index (χ0n) is 11.8. The third kappa shape index (κ3) is 2.48. The van der Waals surface area contributed by atoms with Crippen LogP contribution >= 0.6 is 0 Å². The van der Waals surface area contributed by atoms with E-state index in [1.54, 1.807) is 6.07 Å². The Hall–Kier alpha value is -2.04. The number of aromatic nitrogens is 1. The fourth-order valence-corrected chi connectivity index (χ4v) is 2.62. The molecule has 1 atom stereocenters. The summed E-state index contributed by atoms with van der Waals surface area (Å²) in [4.78, 5) is 4.37. The standard InChI is InChI=1S/C15H19FN4/c1-10-8-18-15(19-10)17-6-5-11-9-20(2)14-7-12(16)3-4-13(11)14/h3-4,7,9-10H,5-6,8H2,1-2H3,(H2,17,18,19). The molecular formula is C15H19FN4. The van der Waals surface area contributed by atoms with Crippen molar-refractivity contribution in [2.75, 3.05) is 13.1 Å². The third-order valence-electron chi connectivity index (χ3n) is 3.63. The molecular weight excluding hydrogens is 255 g/mol. The van der Waals surface area contributed by atoms with Crippen LogP contribution in [0.5, 0.6) is 0 Å². The lowest BCUT2D eigenvalue weighted by atomic mass is 10.1. The lowest BCUT2D eigenvalue weighted by Gasteiger charge is -2.08. The van der Waals surface area contributed by atoms with Crippen LogP contribution in [-0.2, 0) is 13.5 Å². The van der Waals surface area contributed by atoms with Gasteiger partial charge in [0.2, 0.25) is 0 Å². The average molecular weight is 274 g/mol. The van der Waals surface area contributed by atoms with Crippen molar-refractivity contribution in [1.82, 2.24) is 15.2 Å². The number of fused-ring (bicyclic) bond motifs is 1. The second kappa shape index (κ2) is 5.15. The molecule has 4 nitrogen and oxygen atoms in total. The molecule has 0 bridgehead atoms. The number of benzene rings is 1. The maximum absolute atomic E-state index is 13.3. The molecule has 1 unspecified atom stereocenters. The first kappa shape index (κ1) is 13.0. The van der Waals surface area contributed by atoms with Crippen LogP contribution in [0.15, 0.2) is 29.4 Å². The first-order valence-corrected chi connectivity index (χ1v) is 6.92. The number of aliphatic imine (C=N–C) groups is 1. The second-order valence-electron chi connectivity index (χ2n) is 5.34. The molecule has 2 aromatic rings. The van der Waals surface area contributed by atoms with Gasteiger partial charge in [0, 0.05) is 31.2 Å². The van der Waals surface area contributed by atoms with Crippen LogP contribution in [0.25, 0.3) is 10.9 Å². The Labute approximate surface area is 117 Å². The third-order valence-corrected chi connectivity index (χ3v) is 3.63. The van der Waals surface area contributed by atoms with Crippen molar-refractivity contribution in [2.24, 2.45) is 12.0 Å². The highest BCUT2D eigenvalue weighted by molar-refractivity contribution is 5.84. The number of hydrogen-bond acceptors (Lipinski definition) is 3. The fraction of sp³-hybridized carbons (Fsp3) is 0.400. The van der Waals surface area contributed by atoms with Gasteiger partial charge >= 0.3 is 0 Å². The molecule has 2 heterocycles. The molecule has 0 fully saturated rings. The minimum Gasteiger partial charge on any atom is -0.356 e. The monoisotopic (exact) mass is 274 g/mol. The highest BCUT2D eigenvalue weighted by atomic mass is 19.1. The van der Waals surface area contributed by atoms with Crippen molar-refractivity contribution in [3.63, 3.8) is 0 Å². The Morgan fingerprint density at radius 1 is 1.50 bits per heavy atom. The maximum atomic E-state index is 13.3. The SMILES string of the molecule is CC1CN=C(NCCc2cn(C)c3cc(F)ccc23)N1. The van der Waals surface area contributed by atoms with Crippen LogP contribution in [-0.4, -0.2) is 29.7 Å². The summed E-state index contributed by atoms with van der Waals surface area (Å²) in [5.41, 5.74) is 2.16.